The molecule has 3 nitrogen and oxygen atoms in total. The van der Waals surface area contributed by atoms with Crippen LogP contribution in [0.3, 0.4) is 0 Å². The zero-order valence-electron chi connectivity index (χ0n) is 17.2. The van der Waals surface area contributed by atoms with Gasteiger partial charge in [-0.05, 0) is 48.6 Å². The fourth-order valence-electron chi connectivity index (χ4n) is 5.14. The van der Waals surface area contributed by atoms with Crippen molar-refractivity contribution in [2.75, 3.05) is 6.54 Å². The van der Waals surface area contributed by atoms with Gasteiger partial charge >= 0.3 is 24.0 Å². The normalized spacial score (nSPS) is 21.5. The number of aryl methyl sites for hydroxylation is 1. The van der Waals surface area contributed by atoms with Crippen LogP contribution in [0, 0.1) is 0 Å². The Kier molecular flexibility index (Phi) is 5.71. The predicted octanol–water partition coefficient (Wildman–Crippen LogP) is 5.98. The number of halogens is 7. The molecule has 2 atom stereocenters. The zero-order chi connectivity index (χ0) is 24.2. The molecule has 2 aromatic carbocycles. The fraction of sp³-hybridized carbons (Fsp3) is 0.435. The molecule has 2 aromatic rings. The lowest BCUT2D eigenvalue weighted by Crippen LogP contribution is -2.50. The van der Waals surface area contributed by atoms with Crippen LogP contribution in [0.1, 0.15) is 51.4 Å². The van der Waals surface area contributed by atoms with Crippen molar-refractivity contribution in [2.24, 2.45) is 0 Å². The van der Waals surface area contributed by atoms with Crippen molar-refractivity contribution < 1.29 is 40.6 Å². The fourth-order valence-corrected chi connectivity index (χ4v) is 5.14. The summed E-state index contributed by atoms with van der Waals surface area (Å²) in [5.41, 5.74) is -5.17. The summed E-state index contributed by atoms with van der Waals surface area (Å²) < 4.78 is 93.3. The number of hydrogen-bond acceptors (Lipinski definition) is 2. The van der Waals surface area contributed by atoms with Crippen LogP contribution in [-0.2, 0) is 18.6 Å². The number of carboxylic acids is 1. The highest BCUT2D eigenvalue weighted by Gasteiger charge is 2.73. The predicted molar refractivity (Wildman–Crippen MR) is 105 cm³/mol. The first-order chi connectivity index (χ1) is 15.3. The van der Waals surface area contributed by atoms with Crippen LogP contribution in [0.15, 0.2) is 42.5 Å². The van der Waals surface area contributed by atoms with E-state index in [4.69, 9.17) is 0 Å². The summed E-state index contributed by atoms with van der Waals surface area (Å²) in [5, 5.41) is 9.40. The number of fused-ring (bicyclic) bond motifs is 3. The summed E-state index contributed by atoms with van der Waals surface area (Å²) in [6.07, 6.45) is -11.0. The van der Waals surface area contributed by atoms with Crippen LogP contribution in [0.2, 0.25) is 0 Å². The van der Waals surface area contributed by atoms with E-state index < -0.39 is 29.6 Å². The van der Waals surface area contributed by atoms with E-state index in [1.807, 2.05) is 0 Å². The van der Waals surface area contributed by atoms with Gasteiger partial charge in [0.1, 0.15) is 0 Å². The highest BCUT2D eigenvalue weighted by Crippen LogP contribution is 2.54. The van der Waals surface area contributed by atoms with E-state index >= 15 is 0 Å². The molecule has 178 valence electrons. The minimum Gasteiger partial charge on any atom is -0.478 e. The van der Waals surface area contributed by atoms with Crippen molar-refractivity contribution in [3.63, 3.8) is 0 Å². The molecule has 1 fully saturated rings. The maximum Gasteiger partial charge on any atom is 0.435 e. The average Bonchev–Trinajstić information content (AvgIpc) is 3.14. The first-order valence-corrected chi connectivity index (χ1v) is 10.4. The minimum absolute atomic E-state index is 0.0365. The van der Waals surface area contributed by atoms with Crippen molar-refractivity contribution >= 4 is 5.97 Å². The molecule has 0 saturated carbocycles. The highest BCUT2D eigenvalue weighted by molar-refractivity contribution is 5.89. The Hall–Kier alpha value is -2.62. The van der Waals surface area contributed by atoms with E-state index in [9.17, 15) is 40.6 Å². The molecule has 0 amide bonds. The van der Waals surface area contributed by atoms with Gasteiger partial charge in [-0.3, -0.25) is 4.90 Å². The molecule has 1 heterocycles. The molecular weight excluding hydrogens is 455 g/mol. The number of rotatable bonds is 4. The van der Waals surface area contributed by atoms with Gasteiger partial charge in [-0.2, -0.15) is 26.3 Å². The standard InChI is InChI=1S/C23H20F7NO2/c24-21(22(25,26)27,23(28,29)30)15-6-7-16-13(11-15)5-8-19-18(16)9-10-31(19)12-14-3-1-2-4-17(14)20(32)33/h1-4,6-7,11,18-19H,5,8-10,12H2,(H,32,33)/t18-,19?/m0/s1. The Bertz CT molecular complexity index is 1050. The second kappa shape index (κ2) is 8.00. The number of likely N-dealkylation sites (tertiary alicyclic amines) is 1. The maximum atomic E-state index is 14.5. The van der Waals surface area contributed by atoms with Gasteiger partial charge in [-0.15, -0.1) is 0 Å². The summed E-state index contributed by atoms with van der Waals surface area (Å²) in [6, 6.07) is 9.02. The summed E-state index contributed by atoms with van der Waals surface area (Å²) in [7, 11) is 0. The number of nitrogens with zero attached hydrogens (tertiary/aromatic N) is 1. The van der Waals surface area contributed by atoms with Crippen molar-refractivity contribution in [1.82, 2.24) is 4.90 Å². The number of carboxylic acid groups (broad SMARTS) is 1. The van der Waals surface area contributed by atoms with Crippen molar-refractivity contribution in [2.45, 2.75) is 55.8 Å². The first-order valence-electron chi connectivity index (χ1n) is 10.4. The summed E-state index contributed by atoms with van der Waals surface area (Å²) in [4.78, 5) is 13.6. The summed E-state index contributed by atoms with van der Waals surface area (Å²) >= 11 is 0. The van der Waals surface area contributed by atoms with E-state index in [1.165, 1.54) is 12.1 Å². The third kappa shape index (κ3) is 3.88. The van der Waals surface area contributed by atoms with E-state index in [2.05, 4.69) is 4.90 Å². The Morgan fingerprint density at radius 1 is 0.970 bits per heavy atom. The average molecular weight is 475 g/mol. The van der Waals surface area contributed by atoms with Gasteiger partial charge in [-0.1, -0.05) is 36.4 Å². The largest absolute Gasteiger partial charge is 0.478 e. The first kappa shape index (κ1) is 23.5. The smallest absolute Gasteiger partial charge is 0.435 e. The van der Waals surface area contributed by atoms with Crippen LogP contribution >= 0.6 is 0 Å². The number of alkyl halides is 7. The molecule has 4 rings (SSSR count). The van der Waals surface area contributed by atoms with Gasteiger partial charge in [0.25, 0.3) is 0 Å². The third-order valence-corrected chi connectivity index (χ3v) is 6.71. The van der Waals surface area contributed by atoms with E-state index in [-0.39, 0.29) is 29.5 Å². The third-order valence-electron chi connectivity index (χ3n) is 6.71. The SMILES string of the molecule is O=C(O)c1ccccc1CN1CC[C@H]2c3ccc(C(F)(C(F)(F)F)C(F)(F)F)cc3CCC21. The number of aromatic carboxylic acids is 1. The van der Waals surface area contributed by atoms with Gasteiger partial charge in [0.2, 0.25) is 0 Å². The van der Waals surface area contributed by atoms with Gasteiger partial charge < -0.3 is 5.11 Å². The Labute approximate surface area is 184 Å². The molecule has 0 radical (unpaired) electrons. The van der Waals surface area contributed by atoms with Crippen LogP contribution in [0.4, 0.5) is 30.7 Å². The van der Waals surface area contributed by atoms with Gasteiger partial charge in [0.15, 0.2) is 0 Å². The van der Waals surface area contributed by atoms with Crippen LogP contribution in [0.25, 0.3) is 0 Å². The zero-order valence-corrected chi connectivity index (χ0v) is 17.2. The maximum absolute atomic E-state index is 14.5. The van der Waals surface area contributed by atoms with Crippen molar-refractivity contribution in [3.05, 3.63) is 70.3 Å². The van der Waals surface area contributed by atoms with Crippen molar-refractivity contribution in [1.29, 1.82) is 0 Å². The lowest BCUT2D eigenvalue weighted by atomic mass is 9.77. The molecule has 1 aliphatic carbocycles. The van der Waals surface area contributed by atoms with E-state index in [1.54, 1.807) is 18.2 Å². The monoisotopic (exact) mass is 475 g/mol. The second-order valence-electron chi connectivity index (χ2n) is 8.50. The lowest BCUT2D eigenvalue weighted by molar-refractivity contribution is -0.348. The van der Waals surface area contributed by atoms with Crippen LogP contribution in [0.5, 0.6) is 0 Å². The molecular formula is C23H20F7NO2. The van der Waals surface area contributed by atoms with E-state index in [0.29, 0.717) is 49.2 Å². The molecule has 1 aliphatic heterocycles. The highest BCUT2D eigenvalue weighted by atomic mass is 19.4. The molecule has 2 aliphatic rings. The number of benzene rings is 2. The molecule has 0 bridgehead atoms. The van der Waals surface area contributed by atoms with Crippen LogP contribution in [-0.4, -0.2) is 40.9 Å². The second-order valence-corrected chi connectivity index (χ2v) is 8.50. The van der Waals surface area contributed by atoms with Gasteiger partial charge in [0, 0.05) is 24.1 Å². The summed E-state index contributed by atoms with van der Waals surface area (Å²) in [6.45, 7) is 0.968. The molecule has 10 heteroatoms. The van der Waals surface area contributed by atoms with Gasteiger partial charge in [-0.25, -0.2) is 9.18 Å². The quantitative estimate of drug-likeness (QED) is 0.554. The lowest BCUT2D eigenvalue weighted by Gasteiger charge is -2.35. The van der Waals surface area contributed by atoms with E-state index in [0.717, 1.165) is 0 Å². The molecule has 0 spiro atoms. The number of hydrogen-bond donors (Lipinski definition) is 1. The molecule has 1 saturated heterocycles. The van der Waals surface area contributed by atoms with Crippen molar-refractivity contribution in [3.8, 4) is 0 Å². The topological polar surface area (TPSA) is 40.5 Å². The molecule has 1 unspecified atom stereocenters. The Morgan fingerprint density at radius 3 is 2.27 bits per heavy atom. The number of carbonyl (C=O) groups is 1. The molecule has 1 N–H and O–H groups in total. The molecule has 33 heavy (non-hydrogen) atoms. The van der Waals surface area contributed by atoms with Crippen LogP contribution < -0.4 is 0 Å². The minimum atomic E-state index is -6.14. The van der Waals surface area contributed by atoms with Gasteiger partial charge in [0.05, 0.1) is 5.56 Å². The Balaban J connectivity index is 1.62. The Morgan fingerprint density at radius 2 is 1.64 bits per heavy atom. The summed E-state index contributed by atoms with van der Waals surface area (Å²) in [5.74, 6) is -1.18. The molecule has 0 aromatic heterocycles.